The average molecular weight is 302 g/mol. The molecule has 0 aliphatic heterocycles. The second-order valence-electron chi connectivity index (χ2n) is 5.43. The molecule has 2 aromatic carbocycles. The van der Waals surface area contributed by atoms with Crippen molar-refractivity contribution in [2.24, 2.45) is 0 Å². The van der Waals surface area contributed by atoms with Crippen molar-refractivity contribution in [3.8, 4) is 0 Å². The Morgan fingerprint density at radius 1 is 0.905 bits per heavy atom. The zero-order chi connectivity index (χ0) is 15.1. The van der Waals surface area contributed by atoms with Gasteiger partial charge in [0.2, 0.25) is 0 Å². The Bertz CT molecular complexity index is 530. The van der Waals surface area contributed by atoms with E-state index in [1.165, 1.54) is 23.1 Å². The van der Waals surface area contributed by atoms with E-state index in [9.17, 15) is 0 Å². The Hall–Kier alpha value is -1.31. The molecule has 0 amide bonds. The first kappa shape index (κ1) is 16.1. The summed E-state index contributed by atoms with van der Waals surface area (Å²) < 4.78 is 0. The van der Waals surface area contributed by atoms with Crippen LogP contribution in [0.4, 0.5) is 0 Å². The molecule has 0 heterocycles. The third kappa shape index (κ3) is 4.87. The number of hydrogen-bond donors (Lipinski definition) is 1. The average Bonchev–Trinajstić information content (AvgIpc) is 2.50. The second-order valence-corrected chi connectivity index (χ2v) is 5.87. The summed E-state index contributed by atoms with van der Waals surface area (Å²) in [5, 5.41) is 4.37. The van der Waals surface area contributed by atoms with Crippen molar-refractivity contribution in [1.82, 2.24) is 5.32 Å². The van der Waals surface area contributed by atoms with Gasteiger partial charge in [-0.3, -0.25) is 0 Å². The Kier molecular flexibility index (Phi) is 6.28. The number of benzene rings is 2. The molecule has 0 radical (unpaired) electrons. The zero-order valence-electron chi connectivity index (χ0n) is 12.9. The monoisotopic (exact) mass is 301 g/mol. The van der Waals surface area contributed by atoms with Crippen LogP contribution in [0.15, 0.2) is 48.5 Å². The molecule has 1 N–H and O–H groups in total. The van der Waals surface area contributed by atoms with Crippen molar-refractivity contribution < 1.29 is 0 Å². The normalized spacial score (nSPS) is 12.3. The first-order chi connectivity index (χ1) is 10.2. The highest BCUT2D eigenvalue weighted by molar-refractivity contribution is 6.30. The van der Waals surface area contributed by atoms with E-state index in [2.05, 4.69) is 55.6 Å². The number of likely N-dealkylation sites (N-methyl/N-ethyl adjacent to an activating group) is 1. The zero-order valence-corrected chi connectivity index (χ0v) is 13.7. The standard InChI is InChI=1S/C19H24ClN/c1-3-5-15-6-10-17(11-7-15)19(21-4-2)14-16-8-12-18(20)13-9-16/h6-13,19,21H,3-5,14H2,1-2H3. The molecule has 21 heavy (non-hydrogen) atoms. The molecular formula is C19H24ClN. The van der Waals surface area contributed by atoms with Crippen molar-refractivity contribution in [3.63, 3.8) is 0 Å². The van der Waals surface area contributed by atoms with Crippen molar-refractivity contribution in [2.75, 3.05) is 6.54 Å². The molecule has 112 valence electrons. The third-order valence-electron chi connectivity index (χ3n) is 3.72. The van der Waals surface area contributed by atoms with Crippen LogP contribution >= 0.6 is 11.6 Å². The van der Waals surface area contributed by atoms with Crippen LogP contribution in [-0.4, -0.2) is 6.54 Å². The maximum Gasteiger partial charge on any atom is 0.0406 e. The van der Waals surface area contributed by atoms with Gasteiger partial charge in [-0.25, -0.2) is 0 Å². The molecule has 0 spiro atoms. The van der Waals surface area contributed by atoms with Gasteiger partial charge in [-0.15, -0.1) is 0 Å². The summed E-state index contributed by atoms with van der Waals surface area (Å²) in [7, 11) is 0. The molecule has 2 rings (SSSR count). The van der Waals surface area contributed by atoms with Gasteiger partial charge in [0.25, 0.3) is 0 Å². The molecule has 1 nitrogen and oxygen atoms in total. The van der Waals surface area contributed by atoms with E-state index in [0.29, 0.717) is 6.04 Å². The fourth-order valence-electron chi connectivity index (χ4n) is 2.62. The number of nitrogens with one attached hydrogen (secondary N) is 1. The Morgan fingerprint density at radius 3 is 2.10 bits per heavy atom. The lowest BCUT2D eigenvalue weighted by Crippen LogP contribution is -2.22. The van der Waals surface area contributed by atoms with E-state index in [4.69, 9.17) is 11.6 Å². The highest BCUT2D eigenvalue weighted by atomic mass is 35.5. The van der Waals surface area contributed by atoms with Crippen LogP contribution in [0.2, 0.25) is 5.02 Å². The molecule has 0 fully saturated rings. The van der Waals surface area contributed by atoms with E-state index in [1.54, 1.807) is 0 Å². The highest BCUT2D eigenvalue weighted by Crippen LogP contribution is 2.20. The van der Waals surface area contributed by atoms with Crippen LogP contribution < -0.4 is 5.32 Å². The van der Waals surface area contributed by atoms with Gasteiger partial charge in [0.1, 0.15) is 0 Å². The number of aryl methyl sites for hydroxylation is 1. The summed E-state index contributed by atoms with van der Waals surface area (Å²) in [5.41, 5.74) is 4.08. The predicted octanol–water partition coefficient (Wildman–Crippen LogP) is 5.19. The van der Waals surface area contributed by atoms with Crippen LogP contribution in [0, 0.1) is 0 Å². The molecule has 0 aliphatic carbocycles. The Balaban J connectivity index is 2.12. The molecule has 0 aliphatic rings. The van der Waals surface area contributed by atoms with Gasteiger partial charge < -0.3 is 5.32 Å². The summed E-state index contributed by atoms with van der Waals surface area (Å²) in [4.78, 5) is 0. The molecule has 2 aromatic rings. The number of hydrogen-bond acceptors (Lipinski definition) is 1. The first-order valence-corrected chi connectivity index (χ1v) is 8.17. The summed E-state index contributed by atoms with van der Waals surface area (Å²) in [6, 6.07) is 17.5. The van der Waals surface area contributed by atoms with Crippen molar-refractivity contribution in [3.05, 3.63) is 70.2 Å². The Labute approximate surface area is 133 Å². The summed E-state index contributed by atoms with van der Waals surface area (Å²) in [6.07, 6.45) is 3.34. The van der Waals surface area contributed by atoms with Gasteiger partial charge in [-0.2, -0.15) is 0 Å². The summed E-state index contributed by atoms with van der Waals surface area (Å²) in [6.45, 7) is 5.34. The molecule has 1 unspecified atom stereocenters. The SMILES string of the molecule is CCCc1ccc(C(Cc2ccc(Cl)cc2)NCC)cc1. The van der Waals surface area contributed by atoms with Crippen LogP contribution in [0.1, 0.15) is 43.0 Å². The lowest BCUT2D eigenvalue weighted by Gasteiger charge is -2.19. The first-order valence-electron chi connectivity index (χ1n) is 7.79. The molecule has 0 saturated heterocycles. The van der Waals surface area contributed by atoms with Gasteiger partial charge in [-0.05, 0) is 48.2 Å². The lowest BCUT2D eigenvalue weighted by molar-refractivity contribution is 0.549. The van der Waals surface area contributed by atoms with E-state index < -0.39 is 0 Å². The Morgan fingerprint density at radius 2 is 1.52 bits per heavy atom. The van der Waals surface area contributed by atoms with Gasteiger partial charge in [0.15, 0.2) is 0 Å². The highest BCUT2D eigenvalue weighted by Gasteiger charge is 2.11. The van der Waals surface area contributed by atoms with Gasteiger partial charge >= 0.3 is 0 Å². The maximum atomic E-state index is 5.96. The van der Waals surface area contributed by atoms with Gasteiger partial charge in [0.05, 0.1) is 0 Å². The smallest absolute Gasteiger partial charge is 0.0406 e. The molecule has 2 heteroatoms. The quantitative estimate of drug-likeness (QED) is 0.742. The predicted molar refractivity (Wildman–Crippen MR) is 92.0 cm³/mol. The van der Waals surface area contributed by atoms with Gasteiger partial charge in [-0.1, -0.05) is 68.3 Å². The molecule has 0 aromatic heterocycles. The minimum absolute atomic E-state index is 0.354. The third-order valence-corrected chi connectivity index (χ3v) is 3.98. The fourth-order valence-corrected chi connectivity index (χ4v) is 2.74. The summed E-state index contributed by atoms with van der Waals surface area (Å²) >= 11 is 5.96. The largest absolute Gasteiger partial charge is 0.310 e. The van der Waals surface area contributed by atoms with Crippen molar-refractivity contribution in [2.45, 2.75) is 39.2 Å². The van der Waals surface area contributed by atoms with E-state index in [-0.39, 0.29) is 0 Å². The molecule has 0 saturated carbocycles. The number of halogens is 1. The minimum atomic E-state index is 0.354. The number of rotatable bonds is 7. The van der Waals surface area contributed by atoms with E-state index >= 15 is 0 Å². The van der Waals surface area contributed by atoms with E-state index in [0.717, 1.165) is 24.4 Å². The molecular weight excluding hydrogens is 278 g/mol. The molecule has 0 bridgehead atoms. The van der Waals surface area contributed by atoms with Gasteiger partial charge in [0, 0.05) is 11.1 Å². The van der Waals surface area contributed by atoms with E-state index in [1.807, 2.05) is 12.1 Å². The minimum Gasteiger partial charge on any atom is -0.310 e. The van der Waals surface area contributed by atoms with Crippen LogP contribution in [0.25, 0.3) is 0 Å². The fraction of sp³-hybridized carbons (Fsp3) is 0.368. The van der Waals surface area contributed by atoms with Crippen LogP contribution in [0.3, 0.4) is 0 Å². The van der Waals surface area contributed by atoms with Crippen LogP contribution in [0.5, 0.6) is 0 Å². The second kappa shape index (κ2) is 8.21. The van der Waals surface area contributed by atoms with Crippen molar-refractivity contribution in [1.29, 1.82) is 0 Å². The molecule has 1 atom stereocenters. The van der Waals surface area contributed by atoms with Crippen molar-refractivity contribution >= 4 is 11.6 Å². The maximum absolute atomic E-state index is 5.96. The summed E-state index contributed by atoms with van der Waals surface area (Å²) in [5.74, 6) is 0. The van der Waals surface area contributed by atoms with Crippen LogP contribution in [-0.2, 0) is 12.8 Å². The lowest BCUT2D eigenvalue weighted by atomic mass is 9.97. The topological polar surface area (TPSA) is 12.0 Å².